The first-order chi connectivity index (χ1) is 11.5. The van der Waals surface area contributed by atoms with Gasteiger partial charge in [-0.1, -0.05) is 12.2 Å². The SMILES string of the molecule is O=C(C[C@H]1C=CCC1)Nc1cc(C2CC2)nn1[C@@H]1CCS(=O)(=O)C1. The van der Waals surface area contributed by atoms with Crippen molar-refractivity contribution >= 4 is 21.6 Å². The molecule has 0 bridgehead atoms. The molecule has 1 aromatic heterocycles. The first-order valence-corrected chi connectivity index (χ1v) is 10.6. The van der Waals surface area contributed by atoms with E-state index in [0.29, 0.717) is 30.5 Å². The monoisotopic (exact) mass is 349 g/mol. The molecule has 2 aliphatic carbocycles. The molecule has 3 aliphatic rings. The van der Waals surface area contributed by atoms with E-state index >= 15 is 0 Å². The van der Waals surface area contributed by atoms with Crippen LogP contribution < -0.4 is 5.32 Å². The number of aromatic nitrogens is 2. The van der Waals surface area contributed by atoms with E-state index in [1.54, 1.807) is 4.68 Å². The molecule has 2 atom stereocenters. The minimum absolute atomic E-state index is 0.0177. The van der Waals surface area contributed by atoms with Crippen LogP contribution in [-0.4, -0.2) is 35.6 Å². The molecule has 24 heavy (non-hydrogen) atoms. The van der Waals surface area contributed by atoms with Gasteiger partial charge in [0, 0.05) is 18.4 Å². The number of hydrogen-bond acceptors (Lipinski definition) is 4. The Morgan fingerprint density at radius 2 is 2.12 bits per heavy atom. The van der Waals surface area contributed by atoms with Crippen molar-refractivity contribution in [1.29, 1.82) is 0 Å². The summed E-state index contributed by atoms with van der Waals surface area (Å²) in [6, 6.07) is 1.77. The van der Waals surface area contributed by atoms with Gasteiger partial charge in [0.25, 0.3) is 0 Å². The zero-order chi connectivity index (χ0) is 16.7. The molecule has 6 nitrogen and oxygen atoms in total. The number of anilines is 1. The summed E-state index contributed by atoms with van der Waals surface area (Å²) in [5, 5.41) is 7.61. The Morgan fingerprint density at radius 3 is 2.75 bits per heavy atom. The number of allylic oxidation sites excluding steroid dienone is 2. The van der Waals surface area contributed by atoms with E-state index in [2.05, 4.69) is 22.6 Å². The van der Waals surface area contributed by atoms with E-state index in [9.17, 15) is 13.2 Å². The molecule has 0 spiro atoms. The molecule has 2 fully saturated rings. The second-order valence-electron chi connectivity index (χ2n) is 7.25. The van der Waals surface area contributed by atoms with Crippen LogP contribution in [0.5, 0.6) is 0 Å². The van der Waals surface area contributed by atoms with E-state index in [0.717, 1.165) is 31.4 Å². The molecule has 1 saturated carbocycles. The molecule has 7 heteroatoms. The summed E-state index contributed by atoms with van der Waals surface area (Å²) < 4.78 is 25.3. The van der Waals surface area contributed by atoms with E-state index in [1.807, 2.05) is 6.07 Å². The van der Waals surface area contributed by atoms with E-state index in [4.69, 9.17) is 0 Å². The van der Waals surface area contributed by atoms with Crippen LogP contribution in [-0.2, 0) is 14.6 Å². The maximum Gasteiger partial charge on any atom is 0.226 e. The fraction of sp³-hybridized carbons (Fsp3) is 0.647. The van der Waals surface area contributed by atoms with E-state index in [1.165, 1.54) is 0 Å². The molecule has 1 aliphatic heterocycles. The third-order valence-electron chi connectivity index (χ3n) is 5.13. The zero-order valence-corrected chi connectivity index (χ0v) is 14.5. The van der Waals surface area contributed by atoms with E-state index in [-0.39, 0.29) is 23.5 Å². The molecule has 0 unspecified atom stereocenters. The fourth-order valence-corrected chi connectivity index (χ4v) is 5.32. The number of rotatable bonds is 5. The zero-order valence-electron chi connectivity index (χ0n) is 13.6. The Kier molecular flexibility index (Phi) is 3.98. The molecule has 0 radical (unpaired) electrons. The van der Waals surface area contributed by atoms with Crippen LogP contribution in [0.4, 0.5) is 5.82 Å². The second-order valence-corrected chi connectivity index (χ2v) is 9.48. The summed E-state index contributed by atoms with van der Waals surface area (Å²) >= 11 is 0. The Hall–Kier alpha value is -1.63. The highest BCUT2D eigenvalue weighted by Gasteiger charge is 2.34. The topological polar surface area (TPSA) is 81.1 Å². The molecule has 2 heterocycles. The normalized spacial score (nSPS) is 28.3. The van der Waals surface area contributed by atoms with Crippen molar-refractivity contribution in [2.24, 2.45) is 5.92 Å². The van der Waals surface area contributed by atoms with Crippen molar-refractivity contribution in [2.75, 3.05) is 16.8 Å². The highest BCUT2D eigenvalue weighted by atomic mass is 32.2. The van der Waals surface area contributed by atoms with Gasteiger partial charge in [0.05, 0.1) is 23.2 Å². The predicted octanol–water partition coefficient (Wildman–Crippen LogP) is 2.41. The standard InChI is InChI=1S/C17H23N3O3S/c21-17(9-12-3-1-2-4-12)18-16-10-15(13-5-6-13)19-20(16)14-7-8-24(22,23)11-14/h1,3,10,12-14H,2,4-9,11H2,(H,18,21)/t12-,14+/m0/s1. The number of carbonyl (C=O) groups is 1. The minimum Gasteiger partial charge on any atom is -0.311 e. The lowest BCUT2D eigenvalue weighted by atomic mass is 10.1. The van der Waals surface area contributed by atoms with Crippen LogP contribution >= 0.6 is 0 Å². The first kappa shape index (κ1) is 15.9. The van der Waals surface area contributed by atoms with Gasteiger partial charge in [-0.2, -0.15) is 5.10 Å². The molecule has 1 saturated heterocycles. The Bertz CT molecular complexity index is 777. The van der Waals surface area contributed by atoms with Gasteiger partial charge in [-0.15, -0.1) is 0 Å². The van der Waals surface area contributed by atoms with Crippen molar-refractivity contribution in [3.05, 3.63) is 23.9 Å². The number of hydrogen-bond donors (Lipinski definition) is 1. The summed E-state index contributed by atoms with van der Waals surface area (Å²) in [5.41, 5.74) is 0.982. The summed E-state index contributed by atoms with van der Waals surface area (Å²) in [6.45, 7) is 0. The summed E-state index contributed by atoms with van der Waals surface area (Å²) in [7, 11) is -2.99. The third-order valence-corrected chi connectivity index (χ3v) is 6.88. The smallest absolute Gasteiger partial charge is 0.226 e. The van der Waals surface area contributed by atoms with Gasteiger partial charge in [-0.05, 0) is 38.0 Å². The highest BCUT2D eigenvalue weighted by Crippen LogP contribution is 2.41. The van der Waals surface area contributed by atoms with Crippen LogP contribution in [0.1, 0.15) is 56.2 Å². The molecule has 4 rings (SSSR count). The highest BCUT2D eigenvalue weighted by molar-refractivity contribution is 7.91. The van der Waals surface area contributed by atoms with Gasteiger partial charge >= 0.3 is 0 Å². The van der Waals surface area contributed by atoms with Gasteiger partial charge in [-0.25, -0.2) is 13.1 Å². The van der Waals surface area contributed by atoms with Gasteiger partial charge in [-0.3, -0.25) is 4.79 Å². The summed E-state index contributed by atoms with van der Waals surface area (Å²) in [4.78, 5) is 12.4. The van der Waals surface area contributed by atoms with Crippen molar-refractivity contribution in [1.82, 2.24) is 9.78 Å². The van der Waals surface area contributed by atoms with Crippen LogP contribution in [0.2, 0.25) is 0 Å². The Morgan fingerprint density at radius 1 is 1.29 bits per heavy atom. The fourth-order valence-electron chi connectivity index (χ4n) is 3.63. The Balaban J connectivity index is 1.52. The number of nitrogens with one attached hydrogen (secondary N) is 1. The Labute approximate surface area is 142 Å². The van der Waals surface area contributed by atoms with Crippen molar-refractivity contribution < 1.29 is 13.2 Å². The average Bonchev–Trinajstić information content (AvgIpc) is 2.91. The van der Waals surface area contributed by atoms with Gasteiger partial charge in [0.15, 0.2) is 9.84 Å². The van der Waals surface area contributed by atoms with Gasteiger partial charge < -0.3 is 5.32 Å². The number of nitrogens with zero attached hydrogens (tertiary/aromatic N) is 2. The predicted molar refractivity (Wildman–Crippen MR) is 91.6 cm³/mol. The number of sulfone groups is 1. The summed E-state index contributed by atoms with van der Waals surface area (Å²) in [5.74, 6) is 1.75. The van der Waals surface area contributed by atoms with Crippen LogP contribution in [0.15, 0.2) is 18.2 Å². The minimum atomic E-state index is -2.99. The average molecular weight is 349 g/mol. The van der Waals surface area contributed by atoms with Crippen molar-refractivity contribution in [3.8, 4) is 0 Å². The number of amides is 1. The molecule has 1 N–H and O–H groups in total. The molecule has 130 valence electrons. The second kappa shape index (κ2) is 6.02. The lowest BCUT2D eigenvalue weighted by Gasteiger charge is -2.14. The van der Waals surface area contributed by atoms with Gasteiger partial charge in [0.2, 0.25) is 5.91 Å². The maximum atomic E-state index is 12.4. The van der Waals surface area contributed by atoms with Crippen molar-refractivity contribution in [2.45, 2.75) is 50.5 Å². The molecular weight excluding hydrogens is 326 g/mol. The first-order valence-electron chi connectivity index (χ1n) is 8.76. The maximum absolute atomic E-state index is 12.4. The van der Waals surface area contributed by atoms with Gasteiger partial charge in [0.1, 0.15) is 5.82 Å². The molecular formula is C17H23N3O3S. The molecule has 1 aromatic rings. The quantitative estimate of drug-likeness (QED) is 0.828. The largest absolute Gasteiger partial charge is 0.311 e. The molecule has 0 aromatic carbocycles. The van der Waals surface area contributed by atoms with Crippen LogP contribution in [0.3, 0.4) is 0 Å². The van der Waals surface area contributed by atoms with Crippen molar-refractivity contribution in [3.63, 3.8) is 0 Å². The third kappa shape index (κ3) is 3.41. The van der Waals surface area contributed by atoms with E-state index < -0.39 is 9.84 Å². The summed E-state index contributed by atoms with van der Waals surface area (Å²) in [6.07, 6.45) is 9.60. The lowest BCUT2D eigenvalue weighted by Crippen LogP contribution is -2.20. The van der Waals surface area contributed by atoms with Crippen LogP contribution in [0, 0.1) is 5.92 Å². The lowest BCUT2D eigenvalue weighted by molar-refractivity contribution is -0.116. The van der Waals surface area contributed by atoms with Crippen LogP contribution in [0.25, 0.3) is 0 Å². The number of carbonyl (C=O) groups excluding carboxylic acids is 1. The molecule has 1 amide bonds.